The van der Waals surface area contributed by atoms with Gasteiger partial charge in [0.25, 0.3) is 5.91 Å². The molecule has 9 heteroatoms. The van der Waals surface area contributed by atoms with Crippen molar-refractivity contribution in [2.24, 2.45) is 5.10 Å². The Labute approximate surface area is 191 Å². The molecule has 0 aliphatic rings. The minimum Gasteiger partial charge on any atom is -0.267 e. The number of halogens is 2. The van der Waals surface area contributed by atoms with Crippen LogP contribution in [0.1, 0.15) is 21.5 Å². The van der Waals surface area contributed by atoms with Crippen molar-refractivity contribution < 1.29 is 13.2 Å². The fourth-order valence-electron chi connectivity index (χ4n) is 2.86. The number of nitrogens with one attached hydrogen (secondary N) is 1. The molecule has 0 bridgehead atoms. The van der Waals surface area contributed by atoms with Crippen LogP contribution < -0.4 is 9.73 Å². The monoisotopic (exact) mass is 475 g/mol. The highest BCUT2D eigenvalue weighted by Crippen LogP contribution is 2.25. The number of benzene rings is 3. The van der Waals surface area contributed by atoms with Gasteiger partial charge in [-0.15, -0.1) is 0 Å². The van der Waals surface area contributed by atoms with Crippen LogP contribution in [-0.4, -0.2) is 26.8 Å². The van der Waals surface area contributed by atoms with Crippen molar-refractivity contribution in [2.45, 2.75) is 6.54 Å². The van der Waals surface area contributed by atoms with Gasteiger partial charge in [-0.3, -0.25) is 9.10 Å². The van der Waals surface area contributed by atoms with Crippen molar-refractivity contribution in [2.75, 3.05) is 10.6 Å². The molecule has 0 spiro atoms. The highest BCUT2D eigenvalue weighted by Gasteiger charge is 2.23. The molecule has 0 radical (unpaired) electrons. The standard InChI is InChI=1S/C22H19Cl2N3O3S/c1-31(29,30)27(15-16-8-3-2-4-9-16)21-13-6-5-10-17(21)22(28)26-25-14-18-19(23)11-7-12-20(18)24/h2-14H,15H2,1H3,(H,26,28)/b25-14+. The highest BCUT2D eigenvalue weighted by atomic mass is 35.5. The van der Waals surface area contributed by atoms with Crippen molar-refractivity contribution in [3.63, 3.8) is 0 Å². The van der Waals surface area contributed by atoms with Crippen LogP contribution in [0, 0.1) is 0 Å². The van der Waals surface area contributed by atoms with Gasteiger partial charge in [0.2, 0.25) is 10.0 Å². The van der Waals surface area contributed by atoms with Crippen LogP contribution in [0.2, 0.25) is 10.0 Å². The van der Waals surface area contributed by atoms with Crippen LogP contribution >= 0.6 is 23.2 Å². The number of para-hydroxylation sites is 1. The van der Waals surface area contributed by atoms with Gasteiger partial charge in [0, 0.05) is 5.56 Å². The minimum atomic E-state index is -3.67. The van der Waals surface area contributed by atoms with Gasteiger partial charge in [-0.1, -0.05) is 71.7 Å². The Bertz CT molecular complexity index is 1200. The molecule has 3 aromatic rings. The van der Waals surface area contributed by atoms with E-state index in [1.165, 1.54) is 16.6 Å². The third-order valence-corrected chi connectivity index (χ3v) is 6.13. The van der Waals surface area contributed by atoms with Crippen LogP contribution in [0.4, 0.5) is 5.69 Å². The number of amides is 1. The van der Waals surface area contributed by atoms with Crippen LogP contribution in [0.15, 0.2) is 77.9 Å². The first-order valence-electron chi connectivity index (χ1n) is 9.15. The molecule has 0 aromatic heterocycles. The Morgan fingerprint density at radius 1 is 0.968 bits per heavy atom. The Morgan fingerprint density at radius 3 is 2.23 bits per heavy atom. The summed E-state index contributed by atoms with van der Waals surface area (Å²) in [6.07, 6.45) is 2.44. The van der Waals surface area contributed by atoms with Crippen LogP contribution in [-0.2, 0) is 16.6 Å². The maximum atomic E-state index is 12.8. The lowest BCUT2D eigenvalue weighted by Gasteiger charge is -2.24. The average Bonchev–Trinajstić information content (AvgIpc) is 2.74. The van der Waals surface area contributed by atoms with Crippen molar-refractivity contribution in [3.8, 4) is 0 Å². The van der Waals surface area contributed by atoms with Gasteiger partial charge < -0.3 is 0 Å². The third-order valence-electron chi connectivity index (χ3n) is 4.35. The number of rotatable bonds is 7. The Morgan fingerprint density at radius 2 is 1.58 bits per heavy atom. The van der Waals surface area contributed by atoms with Gasteiger partial charge in [-0.05, 0) is 29.8 Å². The molecule has 31 heavy (non-hydrogen) atoms. The molecule has 0 aliphatic carbocycles. The molecule has 0 fully saturated rings. The fraction of sp³-hybridized carbons (Fsp3) is 0.0909. The second-order valence-corrected chi connectivity index (χ2v) is 9.33. The molecule has 1 N–H and O–H groups in total. The van der Waals surface area contributed by atoms with Crippen molar-refractivity contribution >= 4 is 51.0 Å². The van der Waals surface area contributed by atoms with E-state index < -0.39 is 15.9 Å². The fourth-order valence-corrected chi connectivity index (χ4v) is 4.26. The molecule has 0 saturated heterocycles. The molecule has 0 heterocycles. The molecule has 0 saturated carbocycles. The first-order valence-corrected chi connectivity index (χ1v) is 11.8. The number of nitrogens with zero attached hydrogens (tertiary/aromatic N) is 2. The lowest BCUT2D eigenvalue weighted by molar-refractivity contribution is 0.0956. The van der Waals surface area contributed by atoms with E-state index in [4.69, 9.17) is 23.2 Å². The van der Waals surface area contributed by atoms with Crippen molar-refractivity contribution in [1.82, 2.24) is 5.43 Å². The lowest BCUT2D eigenvalue weighted by Crippen LogP contribution is -2.32. The van der Waals surface area contributed by atoms with Crippen LogP contribution in [0.5, 0.6) is 0 Å². The predicted molar refractivity (Wildman–Crippen MR) is 125 cm³/mol. The number of hydrogen-bond acceptors (Lipinski definition) is 4. The summed E-state index contributed by atoms with van der Waals surface area (Å²) in [6.45, 7) is 0.0858. The first-order chi connectivity index (χ1) is 14.8. The zero-order chi connectivity index (χ0) is 22.4. The minimum absolute atomic E-state index is 0.0858. The van der Waals surface area contributed by atoms with E-state index in [2.05, 4.69) is 10.5 Å². The molecule has 6 nitrogen and oxygen atoms in total. The van der Waals surface area contributed by atoms with Gasteiger partial charge in [0.15, 0.2) is 0 Å². The van der Waals surface area contributed by atoms with Crippen LogP contribution in [0.25, 0.3) is 0 Å². The molecule has 0 atom stereocenters. The quantitative estimate of drug-likeness (QED) is 0.396. The van der Waals surface area contributed by atoms with E-state index >= 15 is 0 Å². The summed E-state index contributed by atoms with van der Waals surface area (Å²) in [6, 6.07) is 20.6. The maximum Gasteiger partial charge on any atom is 0.273 e. The number of carbonyl (C=O) groups is 1. The second kappa shape index (κ2) is 9.96. The van der Waals surface area contributed by atoms with Gasteiger partial charge in [0.1, 0.15) is 0 Å². The van der Waals surface area contributed by atoms with Crippen molar-refractivity contribution in [3.05, 3.63) is 99.5 Å². The summed E-state index contributed by atoms with van der Waals surface area (Å²) in [5.41, 5.74) is 4.06. The summed E-state index contributed by atoms with van der Waals surface area (Å²) < 4.78 is 26.2. The molecular weight excluding hydrogens is 457 g/mol. The number of hydrogen-bond donors (Lipinski definition) is 1. The Hall–Kier alpha value is -2.87. The van der Waals surface area contributed by atoms with Crippen molar-refractivity contribution in [1.29, 1.82) is 0 Å². The third kappa shape index (κ3) is 5.85. The van der Waals surface area contributed by atoms with E-state index in [-0.39, 0.29) is 17.8 Å². The molecule has 160 valence electrons. The summed E-state index contributed by atoms with van der Waals surface area (Å²) in [5, 5.41) is 4.70. The normalized spacial score (nSPS) is 11.5. The molecule has 0 aliphatic heterocycles. The molecular formula is C22H19Cl2N3O3S. The van der Waals surface area contributed by atoms with E-state index in [0.29, 0.717) is 15.6 Å². The maximum absolute atomic E-state index is 12.8. The van der Waals surface area contributed by atoms with E-state index in [0.717, 1.165) is 11.8 Å². The van der Waals surface area contributed by atoms with E-state index in [1.54, 1.807) is 36.4 Å². The predicted octanol–water partition coefficient (Wildman–Crippen LogP) is 4.72. The molecule has 3 rings (SSSR count). The smallest absolute Gasteiger partial charge is 0.267 e. The second-order valence-electron chi connectivity index (χ2n) is 6.61. The topological polar surface area (TPSA) is 78.8 Å². The molecule has 3 aromatic carbocycles. The summed E-state index contributed by atoms with van der Waals surface area (Å²) in [7, 11) is -3.67. The van der Waals surface area contributed by atoms with Crippen LogP contribution in [0.3, 0.4) is 0 Å². The van der Waals surface area contributed by atoms with Gasteiger partial charge in [-0.25, -0.2) is 13.8 Å². The lowest BCUT2D eigenvalue weighted by atomic mass is 10.1. The number of sulfonamides is 1. The largest absolute Gasteiger partial charge is 0.273 e. The van der Waals surface area contributed by atoms with E-state index in [1.807, 2.05) is 30.3 Å². The van der Waals surface area contributed by atoms with Gasteiger partial charge >= 0.3 is 0 Å². The van der Waals surface area contributed by atoms with Gasteiger partial charge in [0.05, 0.1) is 40.3 Å². The van der Waals surface area contributed by atoms with Gasteiger partial charge in [-0.2, -0.15) is 5.10 Å². The highest BCUT2D eigenvalue weighted by molar-refractivity contribution is 7.92. The summed E-state index contributed by atoms with van der Waals surface area (Å²) >= 11 is 12.2. The number of anilines is 1. The molecule has 1 amide bonds. The van der Waals surface area contributed by atoms with E-state index in [9.17, 15) is 13.2 Å². The zero-order valence-electron chi connectivity index (χ0n) is 16.5. The first kappa shape index (κ1) is 22.8. The number of carbonyl (C=O) groups excluding carboxylic acids is 1. The Balaban J connectivity index is 1.89. The SMILES string of the molecule is CS(=O)(=O)N(Cc1ccccc1)c1ccccc1C(=O)N/N=C/c1c(Cl)cccc1Cl. The Kier molecular flexibility index (Phi) is 7.33. The summed E-state index contributed by atoms with van der Waals surface area (Å²) in [5.74, 6) is -0.572. The zero-order valence-corrected chi connectivity index (χ0v) is 18.8. The number of hydrazone groups is 1. The molecule has 0 unspecified atom stereocenters. The summed E-state index contributed by atoms with van der Waals surface area (Å²) in [4.78, 5) is 12.8. The average molecular weight is 476 g/mol.